The molecule has 1 atom stereocenters. The molecule has 2 aromatic rings. The Morgan fingerprint density at radius 2 is 1.75 bits per heavy atom. The Hall–Kier alpha value is -3.17. The SMILES string of the molecule is CCOc1ccc(NC(=O)C[C@H]2C(=O)N(CC)C(=S)N2NC(=O)c2ccc(Cl)cc2)cc1. The molecule has 8 nitrogen and oxygen atoms in total. The molecule has 2 N–H and O–H groups in total. The van der Waals surface area contributed by atoms with Crippen molar-refractivity contribution in [1.29, 1.82) is 0 Å². The second-order valence-corrected chi connectivity index (χ2v) is 7.71. The lowest BCUT2D eigenvalue weighted by Crippen LogP contribution is -2.49. The summed E-state index contributed by atoms with van der Waals surface area (Å²) in [5.74, 6) is -0.516. The number of amides is 3. The first-order valence-electron chi connectivity index (χ1n) is 10.1. The van der Waals surface area contributed by atoms with Crippen LogP contribution in [-0.4, -0.2) is 51.9 Å². The van der Waals surface area contributed by atoms with Crippen LogP contribution in [0, 0.1) is 0 Å². The summed E-state index contributed by atoms with van der Waals surface area (Å²) in [6, 6.07) is 12.2. The van der Waals surface area contributed by atoms with Gasteiger partial charge in [0, 0.05) is 22.8 Å². The van der Waals surface area contributed by atoms with Gasteiger partial charge in [0.2, 0.25) is 5.91 Å². The number of nitrogens with zero attached hydrogens (tertiary/aromatic N) is 2. The first-order valence-corrected chi connectivity index (χ1v) is 10.9. The zero-order chi connectivity index (χ0) is 23.3. The monoisotopic (exact) mass is 474 g/mol. The first kappa shape index (κ1) is 23.5. The van der Waals surface area contributed by atoms with E-state index in [1.54, 1.807) is 55.5 Å². The van der Waals surface area contributed by atoms with Crippen molar-refractivity contribution < 1.29 is 19.1 Å². The number of rotatable bonds is 8. The minimum Gasteiger partial charge on any atom is -0.494 e. The van der Waals surface area contributed by atoms with Gasteiger partial charge in [-0.15, -0.1) is 0 Å². The molecule has 168 valence electrons. The summed E-state index contributed by atoms with van der Waals surface area (Å²) in [7, 11) is 0. The minimum absolute atomic E-state index is 0.138. The van der Waals surface area contributed by atoms with Crippen LogP contribution in [0.25, 0.3) is 0 Å². The molecule has 1 aliphatic rings. The number of carbonyl (C=O) groups is 3. The van der Waals surface area contributed by atoms with Crippen molar-refractivity contribution in [1.82, 2.24) is 15.3 Å². The maximum absolute atomic E-state index is 12.9. The molecule has 3 rings (SSSR count). The molecule has 0 saturated carbocycles. The quantitative estimate of drug-likeness (QED) is 0.571. The van der Waals surface area contributed by atoms with Gasteiger partial charge in [0.15, 0.2) is 5.11 Å². The zero-order valence-corrected chi connectivity index (χ0v) is 19.2. The van der Waals surface area contributed by atoms with Gasteiger partial charge in [0.25, 0.3) is 11.8 Å². The molecule has 0 aliphatic carbocycles. The molecule has 10 heteroatoms. The third-order valence-electron chi connectivity index (χ3n) is 4.77. The first-order chi connectivity index (χ1) is 15.3. The Bertz CT molecular complexity index is 1010. The van der Waals surface area contributed by atoms with Gasteiger partial charge in [-0.25, -0.2) is 5.01 Å². The number of halogens is 1. The number of carbonyl (C=O) groups excluding carboxylic acids is 3. The lowest BCUT2D eigenvalue weighted by molar-refractivity contribution is -0.130. The second-order valence-electron chi connectivity index (χ2n) is 6.91. The number of anilines is 1. The summed E-state index contributed by atoms with van der Waals surface area (Å²) in [6.45, 7) is 4.52. The molecular formula is C22H23ClN4O4S. The van der Waals surface area contributed by atoms with Crippen LogP contribution in [0.4, 0.5) is 5.69 Å². The number of hydrogen-bond donors (Lipinski definition) is 2. The van der Waals surface area contributed by atoms with E-state index < -0.39 is 11.9 Å². The second kappa shape index (κ2) is 10.4. The molecular weight excluding hydrogens is 452 g/mol. The van der Waals surface area contributed by atoms with E-state index in [4.69, 9.17) is 28.6 Å². The van der Waals surface area contributed by atoms with E-state index in [0.717, 1.165) is 0 Å². The number of thiocarbonyl (C=S) groups is 1. The molecule has 32 heavy (non-hydrogen) atoms. The molecule has 1 aliphatic heterocycles. The summed E-state index contributed by atoms with van der Waals surface area (Å²) in [5, 5.41) is 4.66. The fraction of sp³-hybridized carbons (Fsp3) is 0.273. The summed E-state index contributed by atoms with van der Waals surface area (Å²) >= 11 is 11.2. The Morgan fingerprint density at radius 3 is 2.34 bits per heavy atom. The predicted molar refractivity (Wildman–Crippen MR) is 125 cm³/mol. The molecule has 0 radical (unpaired) electrons. The van der Waals surface area contributed by atoms with Gasteiger partial charge in [-0.2, -0.15) is 0 Å². The predicted octanol–water partition coefficient (Wildman–Crippen LogP) is 3.23. The molecule has 0 aromatic heterocycles. The molecule has 1 heterocycles. The molecule has 1 saturated heterocycles. The highest BCUT2D eigenvalue weighted by molar-refractivity contribution is 7.80. The molecule has 0 unspecified atom stereocenters. The molecule has 0 bridgehead atoms. The highest BCUT2D eigenvalue weighted by Crippen LogP contribution is 2.21. The van der Waals surface area contributed by atoms with Crippen LogP contribution >= 0.6 is 23.8 Å². The maximum Gasteiger partial charge on any atom is 0.269 e. The van der Waals surface area contributed by atoms with Crippen LogP contribution in [0.15, 0.2) is 48.5 Å². The van der Waals surface area contributed by atoms with E-state index >= 15 is 0 Å². The molecule has 3 amide bonds. The lowest BCUT2D eigenvalue weighted by Gasteiger charge is -2.24. The van der Waals surface area contributed by atoms with Crippen LogP contribution in [0.1, 0.15) is 30.6 Å². The van der Waals surface area contributed by atoms with Crippen LogP contribution < -0.4 is 15.5 Å². The van der Waals surface area contributed by atoms with Gasteiger partial charge in [0.05, 0.1) is 13.0 Å². The molecule has 1 fully saturated rings. The topological polar surface area (TPSA) is 91.0 Å². The molecule has 2 aromatic carbocycles. The van der Waals surface area contributed by atoms with Gasteiger partial charge in [-0.3, -0.25) is 24.7 Å². The summed E-state index contributed by atoms with van der Waals surface area (Å²) in [5.41, 5.74) is 3.56. The number of hydrazine groups is 1. The number of ether oxygens (including phenoxy) is 1. The van der Waals surface area contributed by atoms with E-state index in [0.29, 0.717) is 35.2 Å². The van der Waals surface area contributed by atoms with E-state index in [-0.39, 0.29) is 23.3 Å². The average molecular weight is 475 g/mol. The van der Waals surface area contributed by atoms with Crippen LogP contribution in [0.5, 0.6) is 5.75 Å². The third-order valence-corrected chi connectivity index (χ3v) is 5.44. The smallest absolute Gasteiger partial charge is 0.269 e. The lowest BCUT2D eigenvalue weighted by atomic mass is 10.1. The van der Waals surface area contributed by atoms with Crippen LogP contribution in [0.2, 0.25) is 5.02 Å². The standard InChI is InChI=1S/C22H23ClN4O4S/c1-3-26-21(30)18(13-19(28)24-16-9-11-17(12-10-16)31-4-2)27(22(26)32)25-20(29)14-5-7-15(23)8-6-14/h5-12,18H,3-4,13H2,1-2H3,(H,24,28)(H,25,29)/t18-/m0/s1. The fourth-order valence-electron chi connectivity index (χ4n) is 3.21. The zero-order valence-electron chi connectivity index (χ0n) is 17.6. The summed E-state index contributed by atoms with van der Waals surface area (Å²) < 4.78 is 5.39. The highest BCUT2D eigenvalue weighted by Gasteiger charge is 2.43. The highest BCUT2D eigenvalue weighted by atomic mass is 35.5. The number of hydrogen-bond acceptors (Lipinski definition) is 5. The van der Waals surface area contributed by atoms with Crippen molar-refractivity contribution in [3.05, 3.63) is 59.1 Å². The summed E-state index contributed by atoms with van der Waals surface area (Å²) in [6.07, 6.45) is -0.191. The Morgan fingerprint density at radius 1 is 1.09 bits per heavy atom. The number of benzene rings is 2. The molecule has 0 spiro atoms. The Kier molecular flexibility index (Phi) is 7.66. The van der Waals surface area contributed by atoms with Gasteiger partial charge in [0.1, 0.15) is 11.8 Å². The summed E-state index contributed by atoms with van der Waals surface area (Å²) in [4.78, 5) is 39.5. The largest absolute Gasteiger partial charge is 0.494 e. The fourth-order valence-corrected chi connectivity index (χ4v) is 3.73. The third kappa shape index (κ3) is 5.35. The van der Waals surface area contributed by atoms with Crippen LogP contribution in [-0.2, 0) is 9.59 Å². The van der Waals surface area contributed by atoms with Crippen molar-refractivity contribution in [2.75, 3.05) is 18.5 Å². The maximum atomic E-state index is 12.9. The Balaban J connectivity index is 1.71. The van der Waals surface area contributed by atoms with Crippen molar-refractivity contribution >= 4 is 52.3 Å². The Labute approximate surface area is 196 Å². The number of likely N-dealkylation sites (N-methyl/N-ethyl adjacent to an activating group) is 1. The van der Waals surface area contributed by atoms with E-state index in [2.05, 4.69) is 10.7 Å². The van der Waals surface area contributed by atoms with Crippen molar-refractivity contribution in [2.24, 2.45) is 0 Å². The number of nitrogens with one attached hydrogen (secondary N) is 2. The van der Waals surface area contributed by atoms with Gasteiger partial charge in [-0.1, -0.05) is 11.6 Å². The normalized spacial score (nSPS) is 15.7. The van der Waals surface area contributed by atoms with E-state index in [1.165, 1.54) is 9.91 Å². The van der Waals surface area contributed by atoms with E-state index in [9.17, 15) is 14.4 Å². The average Bonchev–Trinajstić information content (AvgIpc) is 2.99. The van der Waals surface area contributed by atoms with Crippen molar-refractivity contribution in [3.8, 4) is 5.75 Å². The van der Waals surface area contributed by atoms with E-state index in [1.807, 2.05) is 6.92 Å². The van der Waals surface area contributed by atoms with Crippen molar-refractivity contribution in [3.63, 3.8) is 0 Å². The van der Waals surface area contributed by atoms with Gasteiger partial charge in [-0.05, 0) is 74.6 Å². The van der Waals surface area contributed by atoms with Gasteiger partial charge >= 0.3 is 0 Å². The van der Waals surface area contributed by atoms with Gasteiger partial charge < -0.3 is 10.1 Å². The minimum atomic E-state index is -0.957. The van der Waals surface area contributed by atoms with Crippen LogP contribution in [0.3, 0.4) is 0 Å². The van der Waals surface area contributed by atoms with Crippen molar-refractivity contribution in [2.45, 2.75) is 26.3 Å².